The minimum atomic E-state index is 1.09. The summed E-state index contributed by atoms with van der Waals surface area (Å²) in [7, 11) is 0. The first-order valence-electron chi connectivity index (χ1n) is 3.71. The Morgan fingerprint density at radius 1 is 1.60 bits per heavy atom. The standard InChI is InChI=1S/C8H11NS/c1-2-7-3-6-4-9-5-8(6)10-7/h3,9H,2,4-5H2,1H3. The first kappa shape index (κ1) is 6.38. The van der Waals surface area contributed by atoms with Crippen molar-refractivity contribution in [1.82, 2.24) is 5.32 Å². The lowest BCUT2D eigenvalue weighted by Gasteiger charge is -1.88. The molecule has 0 atom stereocenters. The molecule has 2 heterocycles. The van der Waals surface area contributed by atoms with Crippen molar-refractivity contribution in [3.05, 3.63) is 21.4 Å². The number of hydrogen-bond donors (Lipinski definition) is 1. The molecule has 1 aliphatic rings. The highest BCUT2D eigenvalue weighted by molar-refractivity contribution is 7.12. The first-order valence-corrected chi connectivity index (χ1v) is 4.53. The third-order valence-electron chi connectivity index (χ3n) is 1.90. The van der Waals surface area contributed by atoms with Crippen LogP contribution in [0, 0.1) is 0 Å². The maximum Gasteiger partial charge on any atom is 0.0306 e. The van der Waals surface area contributed by atoms with Gasteiger partial charge in [-0.25, -0.2) is 0 Å². The molecular weight excluding hydrogens is 142 g/mol. The van der Waals surface area contributed by atoms with E-state index in [2.05, 4.69) is 18.3 Å². The van der Waals surface area contributed by atoms with Gasteiger partial charge in [-0.2, -0.15) is 0 Å². The topological polar surface area (TPSA) is 12.0 Å². The zero-order chi connectivity index (χ0) is 6.97. The van der Waals surface area contributed by atoms with Crippen molar-refractivity contribution in [2.24, 2.45) is 0 Å². The summed E-state index contributed by atoms with van der Waals surface area (Å²) in [5, 5.41) is 3.33. The first-order chi connectivity index (χ1) is 4.90. The predicted molar refractivity (Wildman–Crippen MR) is 44.2 cm³/mol. The van der Waals surface area contributed by atoms with Crippen LogP contribution >= 0.6 is 11.3 Å². The quantitative estimate of drug-likeness (QED) is 0.650. The van der Waals surface area contributed by atoms with E-state index in [0.717, 1.165) is 13.1 Å². The molecule has 0 aromatic carbocycles. The summed E-state index contributed by atoms with van der Waals surface area (Å²) in [6, 6.07) is 2.33. The molecule has 0 unspecified atom stereocenters. The summed E-state index contributed by atoms with van der Waals surface area (Å²) in [6.45, 7) is 4.40. The monoisotopic (exact) mass is 153 g/mol. The van der Waals surface area contributed by atoms with Crippen LogP contribution in [-0.4, -0.2) is 0 Å². The molecule has 0 bridgehead atoms. The van der Waals surface area contributed by atoms with Crippen LogP contribution in [0.4, 0.5) is 0 Å². The Kier molecular flexibility index (Phi) is 1.51. The van der Waals surface area contributed by atoms with Crippen LogP contribution in [0.15, 0.2) is 6.07 Å². The van der Waals surface area contributed by atoms with Gasteiger partial charge in [0.2, 0.25) is 0 Å². The predicted octanol–water partition coefficient (Wildman–Crippen LogP) is 1.91. The van der Waals surface area contributed by atoms with Crippen LogP contribution in [0.2, 0.25) is 0 Å². The molecule has 2 heteroatoms. The van der Waals surface area contributed by atoms with E-state index in [1.54, 1.807) is 4.88 Å². The summed E-state index contributed by atoms with van der Waals surface area (Å²) < 4.78 is 0. The van der Waals surface area contributed by atoms with E-state index in [9.17, 15) is 0 Å². The highest BCUT2D eigenvalue weighted by Gasteiger charge is 2.12. The molecule has 54 valence electrons. The van der Waals surface area contributed by atoms with E-state index >= 15 is 0 Å². The highest BCUT2D eigenvalue weighted by atomic mass is 32.1. The van der Waals surface area contributed by atoms with E-state index in [0.29, 0.717) is 0 Å². The van der Waals surface area contributed by atoms with Crippen molar-refractivity contribution in [3.63, 3.8) is 0 Å². The van der Waals surface area contributed by atoms with Gasteiger partial charge in [-0.15, -0.1) is 11.3 Å². The van der Waals surface area contributed by atoms with Crippen molar-refractivity contribution in [3.8, 4) is 0 Å². The van der Waals surface area contributed by atoms with Crippen LogP contribution in [-0.2, 0) is 19.5 Å². The van der Waals surface area contributed by atoms with Gasteiger partial charge in [0.1, 0.15) is 0 Å². The summed E-state index contributed by atoms with van der Waals surface area (Å²) in [5.74, 6) is 0. The molecule has 1 aromatic heterocycles. The second-order valence-electron chi connectivity index (χ2n) is 2.62. The van der Waals surface area contributed by atoms with E-state index in [1.165, 1.54) is 16.9 Å². The van der Waals surface area contributed by atoms with Gasteiger partial charge in [-0.1, -0.05) is 6.92 Å². The average Bonchev–Trinajstić information content (AvgIpc) is 2.42. The van der Waals surface area contributed by atoms with Crippen molar-refractivity contribution >= 4 is 11.3 Å². The number of nitrogens with one attached hydrogen (secondary N) is 1. The molecule has 0 radical (unpaired) electrons. The molecule has 1 nitrogen and oxygen atoms in total. The van der Waals surface area contributed by atoms with Gasteiger partial charge in [-0.05, 0) is 18.1 Å². The Hall–Kier alpha value is -0.340. The molecule has 1 aromatic rings. The minimum absolute atomic E-state index is 1.09. The fourth-order valence-electron chi connectivity index (χ4n) is 1.31. The van der Waals surface area contributed by atoms with Crippen molar-refractivity contribution < 1.29 is 0 Å². The average molecular weight is 153 g/mol. The van der Waals surface area contributed by atoms with E-state index < -0.39 is 0 Å². The molecule has 0 fully saturated rings. The van der Waals surface area contributed by atoms with Crippen molar-refractivity contribution in [1.29, 1.82) is 0 Å². The highest BCUT2D eigenvalue weighted by Crippen LogP contribution is 2.26. The molecule has 2 rings (SSSR count). The lowest BCUT2D eigenvalue weighted by atomic mass is 10.2. The summed E-state index contributed by atoms with van der Waals surface area (Å²) in [5.41, 5.74) is 1.53. The third-order valence-corrected chi connectivity index (χ3v) is 3.22. The van der Waals surface area contributed by atoms with Crippen LogP contribution < -0.4 is 5.32 Å². The molecule has 1 N–H and O–H groups in total. The van der Waals surface area contributed by atoms with Gasteiger partial charge >= 0.3 is 0 Å². The Balaban J connectivity index is 2.37. The number of thiophene rings is 1. The fraction of sp³-hybridized carbons (Fsp3) is 0.500. The third kappa shape index (κ3) is 0.879. The van der Waals surface area contributed by atoms with Crippen molar-refractivity contribution in [2.45, 2.75) is 26.4 Å². The normalized spacial score (nSPS) is 15.7. The maximum absolute atomic E-state index is 3.33. The summed E-state index contributed by atoms with van der Waals surface area (Å²) in [6.07, 6.45) is 1.19. The van der Waals surface area contributed by atoms with Gasteiger partial charge < -0.3 is 5.32 Å². The molecule has 0 amide bonds. The van der Waals surface area contributed by atoms with Gasteiger partial charge in [0.25, 0.3) is 0 Å². The van der Waals surface area contributed by atoms with E-state index in [-0.39, 0.29) is 0 Å². The second kappa shape index (κ2) is 2.36. The van der Waals surface area contributed by atoms with Gasteiger partial charge in [0.15, 0.2) is 0 Å². The number of rotatable bonds is 1. The molecule has 0 spiro atoms. The molecule has 0 saturated heterocycles. The smallest absolute Gasteiger partial charge is 0.0306 e. The maximum atomic E-state index is 3.33. The Labute approximate surface area is 65.1 Å². The SMILES string of the molecule is CCc1cc2c(s1)CNC2. The van der Waals surface area contributed by atoms with Crippen LogP contribution in [0.3, 0.4) is 0 Å². The van der Waals surface area contributed by atoms with Crippen molar-refractivity contribution in [2.75, 3.05) is 0 Å². The van der Waals surface area contributed by atoms with E-state index in [4.69, 9.17) is 0 Å². The second-order valence-corrected chi connectivity index (χ2v) is 3.84. The minimum Gasteiger partial charge on any atom is -0.308 e. The lowest BCUT2D eigenvalue weighted by Crippen LogP contribution is -2.00. The zero-order valence-corrected chi connectivity index (χ0v) is 6.92. The number of aryl methyl sites for hydroxylation is 1. The van der Waals surface area contributed by atoms with Crippen LogP contribution in [0.5, 0.6) is 0 Å². The molecule has 1 aliphatic heterocycles. The Bertz CT molecular complexity index is 218. The fourth-order valence-corrected chi connectivity index (χ4v) is 2.41. The van der Waals surface area contributed by atoms with Crippen LogP contribution in [0.25, 0.3) is 0 Å². The Morgan fingerprint density at radius 3 is 3.20 bits per heavy atom. The summed E-state index contributed by atoms with van der Waals surface area (Å²) >= 11 is 1.96. The van der Waals surface area contributed by atoms with Gasteiger partial charge in [-0.3, -0.25) is 0 Å². The molecule has 0 aliphatic carbocycles. The molecule has 0 saturated carbocycles. The largest absolute Gasteiger partial charge is 0.308 e. The zero-order valence-electron chi connectivity index (χ0n) is 6.11. The van der Waals surface area contributed by atoms with E-state index in [1.807, 2.05) is 11.3 Å². The van der Waals surface area contributed by atoms with Gasteiger partial charge in [0, 0.05) is 22.8 Å². The lowest BCUT2D eigenvalue weighted by molar-refractivity contribution is 0.766. The Morgan fingerprint density at radius 2 is 2.50 bits per heavy atom. The molecule has 10 heavy (non-hydrogen) atoms. The molecular formula is C8H11NS. The number of fused-ring (bicyclic) bond motifs is 1. The summed E-state index contributed by atoms with van der Waals surface area (Å²) in [4.78, 5) is 3.09. The van der Waals surface area contributed by atoms with Gasteiger partial charge in [0.05, 0.1) is 0 Å². The number of hydrogen-bond acceptors (Lipinski definition) is 2. The van der Waals surface area contributed by atoms with Crippen LogP contribution in [0.1, 0.15) is 22.2 Å².